The second-order valence-corrected chi connectivity index (χ2v) is 2.54. The lowest BCUT2D eigenvalue weighted by Gasteiger charge is -2.03. The Hall–Kier alpha value is -1.75. The molecule has 0 heterocycles. The highest BCUT2D eigenvalue weighted by atomic mass is 16.3. The molecule has 60 valence electrons. The molecule has 1 rings (SSSR count). The van der Waals surface area contributed by atoms with E-state index in [0.717, 1.165) is 0 Å². The minimum Gasteiger partial charge on any atom is -0.508 e. The van der Waals surface area contributed by atoms with Gasteiger partial charge >= 0.3 is 0 Å². The van der Waals surface area contributed by atoms with Gasteiger partial charge in [-0.25, -0.2) is 0 Å². The van der Waals surface area contributed by atoms with E-state index in [0.29, 0.717) is 16.7 Å². The van der Waals surface area contributed by atoms with E-state index in [1.54, 1.807) is 25.1 Å². The maximum Gasteiger partial charge on any atom is 0.119 e. The molecule has 0 radical (unpaired) electrons. The van der Waals surface area contributed by atoms with Crippen LogP contribution in [0.1, 0.15) is 11.1 Å². The molecule has 0 aromatic heterocycles. The molecule has 0 amide bonds. The van der Waals surface area contributed by atoms with Gasteiger partial charge in [-0.1, -0.05) is 18.7 Å². The smallest absolute Gasteiger partial charge is 0.119 e. The number of aromatic hydroxyl groups is 1. The maximum absolute atomic E-state index is 9.29. The van der Waals surface area contributed by atoms with Gasteiger partial charge in [-0.15, -0.1) is 0 Å². The van der Waals surface area contributed by atoms with Crippen LogP contribution in [0.5, 0.6) is 5.75 Å². The van der Waals surface area contributed by atoms with Crippen molar-refractivity contribution >= 4 is 5.57 Å². The molecule has 0 bridgehead atoms. The summed E-state index contributed by atoms with van der Waals surface area (Å²) in [6.07, 6.45) is 0. The van der Waals surface area contributed by atoms with Crippen molar-refractivity contribution in [2.75, 3.05) is 0 Å². The zero-order valence-electron chi connectivity index (χ0n) is 6.83. The number of allylic oxidation sites excluding steroid dienone is 1. The van der Waals surface area contributed by atoms with Crippen LogP contribution in [-0.2, 0) is 0 Å². The Kier molecular flexibility index (Phi) is 2.16. The molecular weight excluding hydrogens is 150 g/mol. The molecule has 2 heteroatoms. The van der Waals surface area contributed by atoms with Gasteiger partial charge in [0.2, 0.25) is 0 Å². The SMILES string of the molecule is C=C(C#N)c1cccc(O)c1C. The first-order chi connectivity index (χ1) is 5.66. The number of rotatable bonds is 1. The fraction of sp³-hybridized carbons (Fsp3) is 0.100. The van der Waals surface area contributed by atoms with Crippen molar-refractivity contribution in [1.29, 1.82) is 5.26 Å². The minimum atomic E-state index is 0.198. The number of phenols is 1. The van der Waals surface area contributed by atoms with E-state index in [1.807, 2.05) is 6.07 Å². The Balaban J connectivity index is 3.28. The van der Waals surface area contributed by atoms with E-state index in [9.17, 15) is 5.11 Å². The van der Waals surface area contributed by atoms with E-state index < -0.39 is 0 Å². The normalized spacial score (nSPS) is 9.00. The average molecular weight is 159 g/mol. The fourth-order valence-corrected chi connectivity index (χ4v) is 1.01. The van der Waals surface area contributed by atoms with Gasteiger partial charge in [0, 0.05) is 0 Å². The fourth-order valence-electron chi connectivity index (χ4n) is 1.01. The molecule has 1 N–H and O–H groups in total. The molecule has 2 nitrogen and oxygen atoms in total. The standard InChI is InChI=1S/C10H9NO/c1-7(6-11)9-4-3-5-10(12)8(9)2/h3-5,12H,1H2,2H3. The summed E-state index contributed by atoms with van der Waals surface area (Å²) in [5.74, 6) is 0.198. The van der Waals surface area contributed by atoms with Crippen LogP contribution in [0.4, 0.5) is 0 Å². The summed E-state index contributed by atoms with van der Waals surface area (Å²) in [5, 5.41) is 17.9. The summed E-state index contributed by atoms with van der Waals surface area (Å²) in [6.45, 7) is 5.33. The molecule has 0 atom stereocenters. The molecule has 0 fully saturated rings. The molecule has 0 saturated heterocycles. The van der Waals surface area contributed by atoms with Crippen molar-refractivity contribution in [3.63, 3.8) is 0 Å². The molecule has 0 aliphatic carbocycles. The van der Waals surface area contributed by atoms with Crippen molar-refractivity contribution < 1.29 is 5.11 Å². The number of phenolic OH excluding ortho intramolecular Hbond substituents is 1. The third-order valence-electron chi connectivity index (χ3n) is 1.77. The lowest BCUT2D eigenvalue weighted by atomic mass is 10.0. The van der Waals surface area contributed by atoms with Gasteiger partial charge in [0.1, 0.15) is 5.75 Å². The van der Waals surface area contributed by atoms with Gasteiger partial charge in [-0.2, -0.15) is 5.26 Å². The molecule has 0 spiro atoms. The largest absolute Gasteiger partial charge is 0.508 e. The van der Waals surface area contributed by atoms with Crippen LogP contribution in [0.15, 0.2) is 24.8 Å². The van der Waals surface area contributed by atoms with E-state index in [-0.39, 0.29) is 5.75 Å². The number of nitriles is 1. The zero-order valence-corrected chi connectivity index (χ0v) is 6.83. The molecular formula is C10H9NO. The van der Waals surface area contributed by atoms with Crippen LogP contribution in [0.3, 0.4) is 0 Å². The molecule has 1 aromatic rings. The van der Waals surface area contributed by atoms with Crippen molar-refractivity contribution in [1.82, 2.24) is 0 Å². The summed E-state index contributed by atoms with van der Waals surface area (Å²) < 4.78 is 0. The molecule has 0 aliphatic heterocycles. The lowest BCUT2D eigenvalue weighted by molar-refractivity contribution is 0.471. The Morgan fingerprint density at radius 3 is 2.83 bits per heavy atom. The predicted molar refractivity (Wildman–Crippen MR) is 47.5 cm³/mol. The van der Waals surface area contributed by atoms with Gasteiger partial charge in [0.25, 0.3) is 0 Å². The van der Waals surface area contributed by atoms with Crippen LogP contribution in [0.25, 0.3) is 5.57 Å². The van der Waals surface area contributed by atoms with Gasteiger partial charge in [0.05, 0.1) is 11.6 Å². The molecule has 0 saturated carbocycles. The summed E-state index contributed by atoms with van der Waals surface area (Å²) in [6, 6.07) is 6.99. The van der Waals surface area contributed by atoms with E-state index >= 15 is 0 Å². The second kappa shape index (κ2) is 3.10. The van der Waals surface area contributed by atoms with Gasteiger partial charge < -0.3 is 5.11 Å². The minimum absolute atomic E-state index is 0.198. The topological polar surface area (TPSA) is 44.0 Å². The van der Waals surface area contributed by atoms with Gasteiger partial charge in [-0.3, -0.25) is 0 Å². The van der Waals surface area contributed by atoms with Crippen LogP contribution in [0.2, 0.25) is 0 Å². The Labute approximate surface area is 71.4 Å². The average Bonchev–Trinajstić information content (AvgIpc) is 2.08. The first kappa shape index (κ1) is 8.35. The van der Waals surface area contributed by atoms with Crippen molar-refractivity contribution in [3.8, 4) is 11.8 Å². The Morgan fingerprint density at radius 2 is 2.25 bits per heavy atom. The predicted octanol–water partition coefficient (Wildman–Crippen LogP) is 2.24. The van der Waals surface area contributed by atoms with Crippen molar-refractivity contribution in [3.05, 3.63) is 35.9 Å². The highest BCUT2D eigenvalue weighted by Crippen LogP contribution is 2.23. The Morgan fingerprint density at radius 1 is 1.58 bits per heavy atom. The summed E-state index contributed by atoms with van der Waals surface area (Å²) in [4.78, 5) is 0. The van der Waals surface area contributed by atoms with Crippen LogP contribution in [0, 0.1) is 18.3 Å². The molecule has 0 aliphatic rings. The summed E-state index contributed by atoms with van der Waals surface area (Å²) >= 11 is 0. The monoisotopic (exact) mass is 159 g/mol. The molecule has 12 heavy (non-hydrogen) atoms. The quantitative estimate of drug-likeness (QED) is 0.638. The first-order valence-corrected chi connectivity index (χ1v) is 3.54. The summed E-state index contributed by atoms with van der Waals surface area (Å²) in [5.41, 5.74) is 1.78. The van der Waals surface area contributed by atoms with Gasteiger partial charge in [-0.05, 0) is 24.1 Å². The maximum atomic E-state index is 9.29. The number of hydrogen-bond donors (Lipinski definition) is 1. The van der Waals surface area contributed by atoms with Crippen molar-refractivity contribution in [2.24, 2.45) is 0 Å². The van der Waals surface area contributed by atoms with Crippen LogP contribution < -0.4 is 0 Å². The third-order valence-corrected chi connectivity index (χ3v) is 1.77. The highest BCUT2D eigenvalue weighted by molar-refractivity contribution is 5.77. The number of benzene rings is 1. The third kappa shape index (κ3) is 1.30. The van der Waals surface area contributed by atoms with Gasteiger partial charge in [0.15, 0.2) is 0 Å². The highest BCUT2D eigenvalue weighted by Gasteiger charge is 2.04. The lowest BCUT2D eigenvalue weighted by Crippen LogP contribution is -1.85. The molecule has 0 unspecified atom stereocenters. The molecule has 1 aromatic carbocycles. The number of hydrogen-bond acceptors (Lipinski definition) is 2. The van der Waals surface area contributed by atoms with Crippen LogP contribution in [-0.4, -0.2) is 5.11 Å². The van der Waals surface area contributed by atoms with E-state index in [1.165, 1.54) is 0 Å². The Bertz CT molecular complexity index is 361. The van der Waals surface area contributed by atoms with E-state index in [2.05, 4.69) is 6.58 Å². The van der Waals surface area contributed by atoms with Crippen LogP contribution >= 0.6 is 0 Å². The first-order valence-electron chi connectivity index (χ1n) is 3.54. The summed E-state index contributed by atoms with van der Waals surface area (Å²) in [7, 11) is 0. The number of nitrogens with zero attached hydrogens (tertiary/aromatic N) is 1. The van der Waals surface area contributed by atoms with Crippen molar-refractivity contribution in [2.45, 2.75) is 6.92 Å². The zero-order chi connectivity index (χ0) is 9.14. The second-order valence-electron chi connectivity index (χ2n) is 2.54. The van der Waals surface area contributed by atoms with E-state index in [4.69, 9.17) is 5.26 Å².